The van der Waals surface area contributed by atoms with Gasteiger partial charge in [-0.1, -0.05) is 18.5 Å². The molecule has 4 heteroatoms. The molecule has 1 aromatic rings. The number of carbonyl (C=O) groups is 1. The summed E-state index contributed by atoms with van der Waals surface area (Å²) >= 11 is 5.94. The fraction of sp³-hybridized carbons (Fsp3) is 0.500. The average Bonchev–Trinajstić information content (AvgIpc) is 2.26. The monoisotopic (exact) mass is 269 g/mol. The quantitative estimate of drug-likeness (QED) is 0.888. The van der Waals surface area contributed by atoms with Crippen molar-refractivity contribution in [3.63, 3.8) is 0 Å². The van der Waals surface area contributed by atoms with Crippen LogP contribution in [-0.2, 0) is 4.79 Å². The molecule has 0 saturated heterocycles. The van der Waals surface area contributed by atoms with Crippen LogP contribution < -0.4 is 4.90 Å². The van der Waals surface area contributed by atoms with E-state index in [0.717, 1.165) is 11.3 Å². The minimum absolute atomic E-state index is 0.242. The first kappa shape index (κ1) is 14.8. The highest BCUT2D eigenvalue weighted by atomic mass is 35.5. The van der Waals surface area contributed by atoms with Gasteiger partial charge in [0.1, 0.15) is 0 Å². The third kappa shape index (κ3) is 3.64. The molecule has 1 unspecified atom stereocenters. The van der Waals surface area contributed by atoms with E-state index >= 15 is 0 Å². The van der Waals surface area contributed by atoms with Gasteiger partial charge < -0.3 is 10.0 Å². The Morgan fingerprint density at radius 3 is 2.44 bits per heavy atom. The number of hydrogen-bond acceptors (Lipinski definition) is 2. The zero-order chi connectivity index (χ0) is 13.9. The lowest BCUT2D eigenvalue weighted by Gasteiger charge is -2.32. The standard InChI is InChI=1S/C14H20ClNO2/c1-9(2)16(8-11(4)14(17)18)13-6-5-12(15)7-10(13)3/h5-7,9,11H,8H2,1-4H3,(H,17,18). The van der Waals surface area contributed by atoms with Gasteiger partial charge in [0, 0.05) is 23.3 Å². The molecule has 0 fully saturated rings. The summed E-state index contributed by atoms with van der Waals surface area (Å²) in [5, 5.41) is 9.73. The molecule has 0 aromatic heterocycles. The maximum absolute atomic E-state index is 11.0. The largest absolute Gasteiger partial charge is 0.481 e. The smallest absolute Gasteiger partial charge is 0.308 e. The third-order valence-electron chi connectivity index (χ3n) is 2.98. The van der Waals surface area contributed by atoms with Crippen LogP contribution >= 0.6 is 11.6 Å². The predicted octanol–water partition coefficient (Wildman–Crippen LogP) is 3.58. The number of nitrogens with zero attached hydrogens (tertiary/aromatic N) is 1. The van der Waals surface area contributed by atoms with Gasteiger partial charge in [-0.25, -0.2) is 0 Å². The lowest BCUT2D eigenvalue weighted by Crippen LogP contribution is -2.37. The van der Waals surface area contributed by atoms with Gasteiger partial charge in [-0.15, -0.1) is 0 Å². The highest BCUT2D eigenvalue weighted by molar-refractivity contribution is 6.30. The first-order chi connectivity index (χ1) is 8.32. The molecule has 18 heavy (non-hydrogen) atoms. The Kier molecular flexibility index (Phi) is 5.03. The predicted molar refractivity (Wildman–Crippen MR) is 75.5 cm³/mol. The van der Waals surface area contributed by atoms with Crippen LogP contribution in [0.2, 0.25) is 5.02 Å². The number of carboxylic acids is 1. The molecule has 0 saturated carbocycles. The topological polar surface area (TPSA) is 40.5 Å². The van der Waals surface area contributed by atoms with Gasteiger partial charge in [0.15, 0.2) is 0 Å². The van der Waals surface area contributed by atoms with Gasteiger partial charge in [0.05, 0.1) is 5.92 Å². The molecule has 0 aliphatic rings. The number of hydrogen-bond donors (Lipinski definition) is 1. The fourth-order valence-corrected chi connectivity index (χ4v) is 2.13. The first-order valence-corrected chi connectivity index (χ1v) is 6.46. The highest BCUT2D eigenvalue weighted by Crippen LogP contribution is 2.26. The van der Waals surface area contributed by atoms with Crippen molar-refractivity contribution in [2.75, 3.05) is 11.4 Å². The van der Waals surface area contributed by atoms with Crippen molar-refractivity contribution in [3.05, 3.63) is 28.8 Å². The molecule has 3 nitrogen and oxygen atoms in total. The summed E-state index contributed by atoms with van der Waals surface area (Å²) in [5.41, 5.74) is 2.11. The van der Waals surface area contributed by atoms with E-state index < -0.39 is 11.9 Å². The zero-order valence-electron chi connectivity index (χ0n) is 11.3. The molecule has 1 aromatic carbocycles. The Hall–Kier alpha value is -1.22. The number of carboxylic acid groups (broad SMARTS) is 1. The Morgan fingerprint density at radius 1 is 1.39 bits per heavy atom. The van der Waals surface area contributed by atoms with E-state index in [9.17, 15) is 4.79 Å². The molecule has 100 valence electrons. The van der Waals surface area contributed by atoms with Crippen LogP contribution in [0.4, 0.5) is 5.69 Å². The summed E-state index contributed by atoms with van der Waals surface area (Å²) in [6.45, 7) is 8.33. The van der Waals surface area contributed by atoms with Crippen molar-refractivity contribution < 1.29 is 9.90 Å². The Balaban J connectivity index is 3.01. The first-order valence-electron chi connectivity index (χ1n) is 6.08. The lowest BCUT2D eigenvalue weighted by atomic mass is 10.1. The Bertz CT molecular complexity index is 432. The number of anilines is 1. The van der Waals surface area contributed by atoms with E-state index in [0.29, 0.717) is 11.6 Å². The SMILES string of the molecule is Cc1cc(Cl)ccc1N(CC(C)C(=O)O)C(C)C. The lowest BCUT2D eigenvalue weighted by molar-refractivity contribution is -0.140. The Morgan fingerprint density at radius 2 is 2.00 bits per heavy atom. The van der Waals surface area contributed by atoms with E-state index in [2.05, 4.69) is 18.7 Å². The van der Waals surface area contributed by atoms with Gasteiger partial charge in [0.25, 0.3) is 0 Å². The van der Waals surface area contributed by atoms with Crippen LogP contribution in [0.15, 0.2) is 18.2 Å². The highest BCUT2D eigenvalue weighted by Gasteiger charge is 2.19. The van der Waals surface area contributed by atoms with E-state index in [1.54, 1.807) is 6.92 Å². The minimum Gasteiger partial charge on any atom is -0.481 e. The number of aryl methyl sites for hydroxylation is 1. The zero-order valence-corrected chi connectivity index (χ0v) is 12.0. The van der Waals surface area contributed by atoms with Crippen LogP contribution in [0.25, 0.3) is 0 Å². The normalized spacial score (nSPS) is 12.6. The van der Waals surface area contributed by atoms with Gasteiger partial charge in [0.2, 0.25) is 0 Å². The summed E-state index contributed by atoms with van der Waals surface area (Å²) in [7, 11) is 0. The van der Waals surface area contributed by atoms with E-state index in [-0.39, 0.29) is 6.04 Å². The average molecular weight is 270 g/mol. The molecule has 0 radical (unpaired) electrons. The van der Waals surface area contributed by atoms with Crippen molar-refractivity contribution in [2.24, 2.45) is 5.92 Å². The maximum atomic E-state index is 11.0. The molecule has 1 atom stereocenters. The summed E-state index contributed by atoms with van der Waals surface area (Å²) in [6, 6.07) is 5.93. The van der Waals surface area contributed by atoms with Crippen LogP contribution in [-0.4, -0.2) is 23.7 Å². The van der Waals surface area contributed by atoms with Gasteiger partial charge in [-0.05, 0) is 44.5 Å². The van der Waals surface area contributed by atoms with Crippen molar-refractivity contribution >= 4 is 23.3 Å². The molecule has 0 aliphatic heterocycles. The van der Waals surface area contributed by atoms with Crippen LogP contribution in [0.3, 0.4) is 0 Å². The molecule has 0 heterocycles. The molecule has 0 amide bonds. The molecule has 0 aliphatic carbocycles. The molecular weight excluding hydrogens is 250 g/mol. The van der Waals surface area contributed by atoms with Crippen molar-refractivity contribution in [3.8, 4) is 0 Å². The Labute approximate surface area is 113 Å². The number of halogens is 1. The second-order valence-electron chi connectivity index (χ2n) is 4.92. The second-order valence-corrected chi connectivity index (χ2v) is 5.35. The molecule has 1 N–H and O–H groups in total. The van der Waals surface area contributed by atoms with E-state index in [4.69, 9.17) is 16.7 Å². The molecule has 0 spiro atoms. The minimum atomic E-state index is -0.771. The number of benzene rings is 1. The molecular formula is C14H20ClNO2. The summed E-state index contributed by atoms with van der Waals surface area (Å²) in [6.07, 6.45) is 0. The van der Waals surface area contributed by atoms with Crippen LogP contribution in [0, 0.1) is 12.8 Å². The van der Waals surface area contributed by atoms with Gasteiger partial charge in [-0.3, -0.25) is 4.79 Å². The van der Waals surface area contributed by atoms with Crippen molar-refractivity contribution in [1.29, 1.82) is 0 Å². The summed E-state index contributed by atoms with van der Waals surface area (Å²) < 4.78 is 0. The second kappa shape index (κ2) is 6.10. The van der Waals surface area contributed by atoms with Gasteiger partial charge in [-0.2, -0.15) is 0 Å². The molecule has 0 bridgehead atoms. The molecule has 1 rings (SSSR count). The summed E-state index contributed by atoms with van der Waals surface area (Å²) in [4.78, 5) is 13.1. The van der Waals surface area contributed by atoms with Crippen LogP contribution in [0.5, 0.6) is 0 Å². The maximum Gasteiger partial charge on any atom is 0.308 e. The summed E-state index contributed by atoms with van der Waals surface area (Å²) in [5.74, 6) is -1.17. The van der Waals surface area contributed by atoms with Crippen LogP contribution in [0.1, 0.15) is 26.3 Å². The van der Waals surface area contributed by atoms with E-state index in [1.807, 2.05) is 25.1 Å². The third-order valence-corrected chi connectivity index (χ3v) is 3.22. The van der Waals surface area contributed by atoms with Crippen molar-refractivity contribution in [1.82, 2.24) is 0 Å². The van der Waals surface area contributed by atoms with E-state index in [1.165, 1.54) is 0 Å². The number of rotatable bonds is 5. The van der Waals surface area contributed by atoms with Crippen molar-refractivity contribution in [2.45, 2.75) is 33.7 Å². The van der Waals surface area contributed by atoms with Gasteiger partial charge >= 0.3 is 5.97 Å². The fourth-order valence-electron chi connectivity index (χ4n) is 1.90. The number of aliphatic carboxylic acids is 1.